The topological polar surface area (TPSA) is 84.5 Å². The van der Waals surface area contributed by atoms with Gasteiger partial charge in [0, 0.05) is 16.1 Å². The van der Waals surface area contributed by atoms with Gasteiger partial charge in [-0.2, -0.15) is 0 Å². The third kappa shape index (κ3) is 5.20. The first kappa shape index (κ1) is 19.6. The fourth-order valence-corrected chi connectivity index (χ4v) is 4.54. The normalized spacial score (nSPS) is 14.7. The van der Waals surface area contributed by atoms with Crippen molar-refractivity contribution in [3.63, 3.8) is 0 Å². The molecule has 0 aliphatic heterocycles. The number of ether oxygens (including phenoxy) is 1. The van der Waals surface area contributed by atoms with Gasteiger partial charge in [-0.05, 0) is 18.9 Å². The zero-order valence-corrected chi connectivity index (χ0v) is 16.3. The van der Waals surface area contributed by atoms with Crippen LogP contribution < -0.4 is 10.6 Å². The number of hydrogen-bond donors (Lipinski definition) is 2. The van der Waals surface area contributed by atoms with Crippen LogP contribution in [0.5, 0.6) is 0 Å². The average Bonchev–Trinajstić information content (AvgIpc) is 3.02. The van der Waals surface area contributed by atoms with E-state index in [1.165, 1.54) is 17.8 Å². The van der Waals surface area contributed by atoms with Crippen LogP contribution in [0.1, 0.15) is 41.8 Å². The summed E-state index contributed by atoms with van der Waals surface area (Å²) in [5.41, 5.74) is 0. The minimum absolute atomic E-state index is 0.166. The van der Waals surface area contributed by atoms with Crippen LogP contribution in [0.4, 0.5) is 0 Å². The lowest BCUT2D eigenvalue weighted by atomic mass is 9.95. The Morgan fingerprint density at radius 2 is 1.89 bits per heavy atom. The first-order valence-corrected chi connectivity index (χ1v) is 10.1. The van der Waals surface area contributed by atoms with E-state index >= 15 is 0 Å². The standard InChI is InChI=1S/C19H21ClN2O4S/c20-17-13-8-4-5-9-14(13)27-18(17)19(25)21-10-16(24)26-11-15(23)22-12-6-2-1-3-7-12/h4-5,8-9,12H,1-3,6-7,10-11H2,(H,21,25)(H,22,23). The summed E-state index contributed by atoms with van der Waals surface area (Å²) in [5, 5.41) is 6.53. The van der Waals surface area contributed by atoms with Crippen molar-refractivity contribution < 1.29 is 19.1 Å². The Balaban J connectivity index is 1.43. The molecule has 1 aromatic heterocycles. The largest absolute Gasteiger partial charge is 0.454 e. The lowest BCUT2D eigenvalue weighted by Gasteiger charge is -2.22. The van der Waals surface area contributed by atoms with Crippen molar-refractivity contribution in [3.05, 3.63) is 34.2 Å². The molecule has 144 valence electrons. The number of carbonyl (C=O) groups excluding carboxylic acids is 3. The fraction of sp³-hybridized carbons (Fsp3) is 0.421. The molecule has 1 aromatic carbocycles. The van der Waals surface area contributed by atoms with Gasteiger partial charge in [0.1, 0.15) is 11.4 Å². The molecule has 0 spiro atoms. The maximum absolute atomic E-state index is 12.3. The molecule has 0 bridgehead atoms. The van der Waals surface area contributed by atoms with Crippen LogP contribution in [0.3, 0.4) is 0 Å². The second-order valence-corrected chi connectivity index (χ2v) is 7.92. The second-order valence-electron chi connectivity index (χ2n) is 6.49. The maximum Gasteiger partial charge on any atom is 0.325 e. The number of carbonyl (C=O) groups is 3. The van der Waals surface area contributed by atoms with Gasteiger partial charge in [0.2, 0.25) is 0 Å². The zero-order valence-electron chi connectivity index (χ0n) is 14.8. The van der Waals surface area contributed by atoms with Crippen molar-refractivity contribution in [3.8, 4) is 0 Å². The first-order chi connectivity index (χ1) is 13.0. The van der Waals surface area contributed by atoms with E-state index in [4.69, 9.17) is 16.3 Å². The summed E-state index contributed by atoms with van der Waals surface area (Å²) in [5.74, 6) is -1.42. The molecular weight excluding hydrogens is 388 g/mol. The zero-order chi connectivity index (χ0) is 19.2. The van der Waals surface area contributed by atoms with Gasteiger partial charge in [-0.15, -0.1) is 11.3 Å². The fourth-order valence-electron chi connectivity index (χ4n) is 3.11. The second kappa shape index (κ2) is 9.19. The van der Waals surface area contributed by atoms with Crippen LogP contribution in [0.15, 0.2) is 24.3 Å². The van der Waals surface area contributed by atoms with Crippen molar-refractivity contribution >= 4 is 50.8 Å². The van der Waals surface area contributed by atoms with E-state index in [9.17, 15) is 14.4 Å². The van der Waals surface area contributed by atoms with Gasteiger partial charge in [-0.25, -0.2) is 0 Å². The lowest BCUT2D eigenvalue weighted by molar-refractivity contribution is -0.147. The Bertz CT molecular complexity index is 845. The molecule has 0 unspecified atom stereocenters. The number of rotatable bonds is 6. The minimum atomic E-state index is -0.667. The van der Waals surface area contributed by atoms with E-state index in [0.717, 1.165) is 35.8 Å². The molecule has 0 atom stereocenters. The Kier molecular flexibility index (Phi) is 6.68. The molecule has 0 saturated heterocycles. The molecule has 27 heavy (non-hydrogen) atoms. The summed E-state index contributed by atoms with van der Waals surface area (Å²) in [4.78, 5) is 36.2. The van der Waals surface area contributed by atoms with Gasteiger partial charge in [-0.1, -0.05) is 49.1 Å². The number of benzene rings is 1. The molecule has 2 aromatic rings. The van der Waals surface area contributed by atoms with Crippen LogP contribution in [0.25, 0.3) is 10.1 Å². The summed E-state index contributed by atoms with van der Waals surface area (Å²) in [7, 11) is 0. The van der Waals surface area contributed by atoms with E-state index in [2.05, 4.69) is 10.6 Å². The van der Waals surface area contributed by atoms with Crippen molar-refractivity contribution in [2.45, 2.75) is 38.1 Å². The van der Waals surface area contributed by atoms with E-state index in [1.807, 2.05) is 24.3 Å². The van der Waals surface area contributed by atoms with Crippen LogP contribution >= 0.6 is 22.9 Å². The summed E-state index contributed by atoms with van der Waals surface area (Å²) < 4.78 is 5.82. The predicted octanol–water partition coefficient (Wildman–Crippen LogP) is 3.28. The van der Waals surface area contributed by atoms with Crippen molar-refractivity contribution in [2.75, 3.05) is 13.2 Å². The highest BCUT2D eigenvalue weighted by molar-refractivity contribution is 7.21. The first-order valence-electron chi connectivity index (χ1n) is 8.95. The number of thiophene rings is 1. The molecule has 1 fully saturated rings. The number of fused-ring (bicyclic) bond motifs is 1. The number of amides is 2. The molecule has 1 heterocycles. The number of esters is 1. The highest BCUT2D eigenvalue weighted by atomic mass is 35.5. The molecule has 1 aliphatic rings. The van der Waals surface area contributed by atoms with E-state index in [0.29, 0.717) is 9.90 Å². The monoisotopic (exact) mass is 408 g/mol. The summed E-state index contributed by atoms with van der Waals surface area (Å²) >= 11 is 7.50. The van der Waals surface area contributed by atoms with Crippen LogP contribution in [-0.2, 0) is 14.3 Å². The molecule has 8 heteroatoms. The number of halogens is 1. The molecule has 6 nitrogen and oxygen atoms in total. The van der Waals surface area contributed by atoms with Crippen LogP contribution in [0.2, 0.25) is 5.02 Å². The highest BCUT2D eigenvalue weighted by Crippen LogP contribution is 2.34. The Morgan fingerprint density at radius 3 is 2.63 bits per heavy atom. The molecule has 3 rings (SSSR count). The molecule has 1 aliphatic carbocycles. The molecule has 2 N–H and O–H groups in total. The number of hydrogen-bond acceptors (Lipinski definition) is 5. The van der Waals surface area contributed by atoms with Crippen LogP contribution in [-0.4, -0.2) is 37.0 Å². The van der Waals surface area contributed by atoms with Gasteiger partial charge in [-0.3, -0.25) is 14.4 Å². The lowest BCUT2D eigenvalue weighted by Crippen LogP contribution is -2.39. The smallest absolute Gasteiger partial charge is 0.325 e. The van der Waals surface area contributed by atoms with Gasteiger partial charge in [0.15, 0.2) is 6.61 Å². The Labute approximate surface area is 166 Å². The molecule has 2 amide bonds. The number of nitrogens with one attached hydrogen (secondary N) is 2. The minimum Gasteiger partial charge on any atom is -0.454 e. The maximum atomic E-state index is 12.3. The third-order valence-electron chi connectivity index (χ3n) is 4.47. The third-order valence-corrected chi connectivity index (χ3v) is 6.14. The van der Waals surface area contributed by atoms with E-state index in [-0.39, 0.29) is 25.1 Å². The van der Waals surface area contributed by atoms with Crippen LogP contribution in [0, 0.1) is 0 Å². The summed E-state index contributed by atoms with van der Waals surface area (Å²) in [6, 6.07) is 7.59. The van der Waals surface area contributed by atoms with E-state index in [1.54, 1.807) is 0 Å². The predicted molar refractivity (Wildman–Crippen MR) is 105 cm³/mol. The molecule has 1 saturated carbocycles. The molecule has 0 radical (unpaired) electrons. The average molecular weight is 409 g/mol. The van der Waals surface area contributed by atoms with Crippen molar-refractivity contribution in [2.24, 2.45) is 0 Å². The van der Waals surface area contributed by atoms with Gasteiger partial charge in [0.25, 0.3) is 11.8 Å². The van der Waals surface area contributed by atoms with E-state index < -0.39 is 11.9 Å². The van der Waals surface area contributed by atoms with Gasteiger partial charge >= 0.3 is 5.97 Å². The molecular formula is C19H21ClN2O4S. The van der Waals surface area contributed by atoms with Gasteiger partial charge in [0.05, 0.1) is 5.02 Å². The SMILES string of the molecule is O=C(COC(=O)CNC(=O)c1sc2ccccc2c1Cl)NC1CCCCC1. The van der Waals surface area contributed by atoms with Crippen molar-refractivity contribution in [1.82, 2.24) is 10.6 Å². The summed E-state index contributed by atoms with van der Waals surface area (Å²) in [6.07, 6.45) is 5.34. The quantitative estimate of drug-likeness (QED) is 0.718. The Hall–Kier alpha value is -2.12. The Morgan fingerprint density at radius 1 is 1.15 bits per heavy atom. The van der Waals surface area contributed by atoms with Crippen molar-refractivity contribution in [1.29, 1.82) is 0 Å². The van der Waals surface area contributed by atoms with Gasteiger partial charge < -0.3 is 15.4 Å². The highest BCUT2D eigenvalue weighted by Gasteiger charge is 2.19. The summed E-state index contributed by atoms with van der Waals surface area (Å²) in [6.45, 7) is -0.658.